The fourth-order valence-electron chi connectivity index (χ4n) is 2.79. The van der Waals surface area contributed by atoms with E-state index in [1.165, 1.54) is 10.4 Å². The minimum absolute atomic E-state index is 0.732. The number of hydrogen-bond acceptors (Lipinski definition) is 5. The quantitative estimate of drug-likeness (QED) is 0.374. The highest BCUT2D eigenvalue weighted by atomic mass is 32.1. The normalized spacial score (nSPS) is 11.7. The van der Waals surface area contributed by atoms with Crippen molar-refractivity contribution in [3.05, 3.63) is 78.6 Å². The van der Waals surface area contributed by atoms with Gasteiger partial charge >= 0.3 is 0 Å². The molecule has 0 aliphatic heterocycles. The molecule has 4 aromatic rings. The van der Waals surface area contributed by atoms with Crippen molar-refractivity contribution in [2.24, 2.45) is 5.10 Å². The highest BCUT2D eigenvalue weighted by molar-refractivity contribution is 7.21. The fraction of sp³-hybridized carbons (Fsp3) is 0.0952. The van der Waals surface area contributed by atoms with Gasteiger partial charge in [0.25, 0.3) is 0 Å². The van der Waals surface area contributed by atoms with Crippen molar-refractivity contribution in [3.63, 3.8) is 0 Å². The van der Waals surface area contributed by atoms with Gasteiger partial charge in [0.2, 0.25) is 0 Å². The molecule has 26 heavy (non-hydrogen) atoms. The Morgan fingerprint density at radius 3 is 2.46 bits per heavy atom. The van der Waals surface area contributed by atoms with Gasteiger partial charge in [0.1, 0.15) is 11.2 Å². The molecule has 4 rings (SSSR count). The zero-order chi connectivity index (χ0) is 17.8. The lowest BCUT2D eigenvalue weighted by Crippen LogP contribution is -2.04. The van der Waals surface area contributed by atoms with E-state index in [1.807, 2.05) is 36.4 Å². The standard InChI is InChI=1S/C21H18N4S/c1-2-18(15-9-5-3-6-10-15)24-25-20-17-13-19(16-11-7-4-8-12-16)26-21(17)23-14-22-20/h3-14H,2H2,1H3,(H,22,23,25)/b24-18-. The molecule has 2 heterocycles. The predicted molar refractivity (Wildman–Crippen MR) is 110 cm³/mol. The number of aromatic nitrogens is 2. The second kappa shape index (κ2) is 7.45. The summed E-state index contributed by atoms with van der Waals surface area (Å²) in [4.78, 5) is 10.9. The van der Waals surface area contributed by atoms with E-state index in [0.717, 1.165) is 33.7 Å². The lowest BCUT2D eigenvalue weighted by atomic mass is 10.1. The summed E-state index contributed by atoms with van der Waals surface area (Å²) in [6.45, 7) is 2.10. The Kier molecular flexibility index (Phi) is 4.71. The van der Waals surface area contributed by atoms with Crippen LogP contribution in [-0.4, -0.2) is 15.7 Å². The number of nitrogens with zero attached hydrogens (tertiary/aromatic N) is 3. The van der Waals surface area contributed by atoms with Crippen LogP contribution >= 0.6 is 11.3 Å². The Balaban J connectivity index is 1.68. The van der Waals surface area contributed by atoms with Crippen molar-refractivity contribution in [1.29, 1.82) is 0 Å². The van der Waals surface area contributed by atoms with E-state index in [0.29, 0.717) is 0 Å². The number of benzene rings is 2. The molecule has 0 saturated heterocycles. The minimum Gasteiger partial charge on any atom is -0.260 e. The Morgan fingerprint density at radius 2 is 1.73 bits per heavy atom. The van der Waals surface area contributed by atoms with E-state index in [1.54, 1.807) is 17.7 Å². The molecule has 128 valence electrons. The summed E-state index contributed by atoms with van der Waals surface area (Å²) in [7, 11) is 0. The van der Waals surface area contributed by atoms with Gasteiger partial charge in [-0.1, -0.05) is 67.6 Å². The predicted octanol–water partition coefficient (Wildman–Crippen LogP) is 5.58. The number of rotatable bonds is 5. The van der Waals surface area contributed by atoms with Crippen molar-refractivity contribution < 1.29 is 0 Å². The maximum atomic E-state index is 4.60. The number of fused-ring (bicyclic) bond motifs is 1. The van der Waals surface area contributed by atoms with E-state index in [-0.39, 0.29) is 0 Å². The van der Waals surface area contributed by atoms with Crippen LogP contribution in [0.2, 0.25) is 0 Å². The first-order valence-corrected chi connectivity index (χ1v) is 9.34. The minimum atomic E-state index is 0.732. The molecule has 0 saturated carbocycles. The van der Waals surface area contributed by atoms with Gasteiger partial charge < -0.3 is 0 Å². The molecule has 0 unspecified atom stereocenters. The topological polar surface area (TPSA) is 50.2 Å². The Bertz CT molecular complexity index is 1040. The van der Waals surface area contributed by atoms with Crippen LogP contribution in [0, 0.1) is 0 Å². The number of nitrogens with one attached hydrogen (secondary N) is 1. The summed E-state index contributed by atoms with van der Waals surface area (Å²) in [5, 5.41) is 5.59. The largest absolute Gasteiger partial charge is 0.260 e. The molecular formula is C21H18N4S. The molecule has 5 heteroatoms. The smallest absolute Gasteiger partial charge is 0.158 e. The van der Waals surface area contributed by atoms with E-state index in [2.05, 4.69) is 57.8 Å². The number of anilines is 1. The molecule has 0 spiro atoms. The molecule has 1 N–H and O–H groups in total. The van der Waals surface area contributed by atoms with Gasteiger partial charge in [0.15, 0.2) is 5.82 Å². The van der Waals surface area contributed by atoms with Gasteiger partial charge in [-0.05, 0) is 23.6 Å². The van der Waals surface area contributed by atoms with Gasteiger partial charge in [0, 0.05) is 4.88 Å². The molecule has 0 bridgehead atoms. The zero-order valence-corrected chi connectivity index (χ0v) is 15.2. The summed E-state index contributed by atoms with van der Waals surface area (Å²) in [6, 6.07) is 22.6. The zero-order valence-electron chi connectivity index (χ0n) is 14.4. The van der Waals surface area contributed by atoms with Crippen LogP contribution in [0.5, 0.6) is 0 Å². The first kappa shape index (κ1) is 16.4. The first-order chi connectivity index (χ1) is 12.8. The maximum Gasteiger partial charge on any atom is 0.158 e. The molecule has 0 radical (unpaired) electrons. The summed E-state index contributed by atoms with van der Waals surface area (Å²) in [5.74, 6) is 0.732. The SMILES string of the molecule is CC/C(=N/Nc1ncnc2sc(-c3ccccc3)cc12)c1ccccc1. The van der Waals surface area contributed by atoms with E-state index < -0.39 is 0 Å². The molecule has 4 nitrogen and oxygen atoms in total. The van der Waals surface area contributed by atoms with Crippen molar-refractivity contribution in [3.8, 4) is 10.4 Å². The molecular weight excluding hydrogens is 340 g/mol. The van der Waals surface area contributed by atoms with E-state index >= 15 is 0 Å². The molecule has 2 aromatic carbocycles. The van der Waals surface area contributed by atoms with Gasteiger partial charge in [-0.25, -0.2) is 9.97 Å². The molecule has 0 aliphatic rings. The average Bonchev–Trinajstić information content (AvgIpc) is 3.15. The van der Waals surface area contributed by atoms with Crippen molar-refractivity contribution >= 4 is 33.1 Å². The molecule has 2 aromatic heterocycles. The Hall–Kier alpha value is -3.05. The Morgan fingerprint density at radius 1 is 1.00 bits per heavy atom. The van der Waals surface area contributed by atoms with Crippen LogP contribution in [0.15, 0.2) is 78.2 Å². The first-order valence-electron chi connectivity index (χ1n) is 8.53. The number of thiophene rings is 1. The van der Waals surface area contributed by atoms with Crippen LogP contribution in [0.1, 0.15) is 18.9 Å². The summed E-state index contributed by atoms with van der Waals surface area (Å²) in [6.07, 6.45) is 2.42. The summed E-state index contributed by atoms with van der Waals surface area (Å²) in [5.41, 5.74) is 6.44. The molecule has 0 aliphatic carbocycles. The van der Waals surface area contributed by atoms with Gasteiger partial charge in [0.05, 0.1) is 11.1 Å². The third-order valence-corrected chi connectivity index (χ3v) is 5.22. The highest BCUT2D eigenvalue weighted by Crippen LogP contribution is 2.34. The van der Waals surface area contributed by atoms with Crippen molar-refractivity contribution in [1.82, 2.24) is 9.97 Å². The van der Waals surface area contributed by atoms with E-state index in [9.17, 15) is 0 Å². The molecule has 0 amide bonds. The van der Waals surface area contributed by atoms with Crippen LogP contribution in [-0.2, 0) is 0 Å². The lowest BCUT2D eigenvalue weighted by Gasteiger charge is -2.05. The Labute approximate surface area is 156 Å². The fourth-order valence-corrected chi connectivity index (χ4v) is 3.79. The molecule has 0 atom stereocenters. The summed E-state index contributed by atoms with van der Waals surface area (Å²) < 4.78 is 0. The summed E-state index contributed by atoms with van der Waals surface area (Å²) >= 11 is 1.66. The second-order valence-electron chi connectivity index (χ2n) is 5.81. The van der Waals surface area contributed by atoms with Gasteiger partial charge in [-0.2, -0.15) is 5.10 Å². The monoisotopic (exact) mass is 358 g/mol. The van der Waals surface area contributed by atoms with Gasteiger partial charge in [-0.3, -0.25) is 5.43 Å². The molecule has 0 fully saturated rings. The average molecular weight is 358 g/mol. The van der Waals surface area contributed by atoms with E-state index in [4.69, 9.17) is 0 Å². The van der Waals surface area contributed by atoms with Crippen LogP contribution in [0.3, 0.4) is 0 Å². The highest BCUT2D eigenvalue weighted by Gasteiger charge is 2.10. The lowest BCUT2D eigenvalue weighted by molar-refractivity contribution is 1.16. The number of hydrazone groups is 1. The third-order valence-electron chi connectivity index (χ3n) is 4.13. The third kappa shape index (κ3) is 3.34. The van der Waals surface area contributed by atoms with Crippen LogP contribution in [0.4, 0.5) is 5.82 Å². The second-order valence-corrected chi connectivity index (χ2v) is 6.84. The maximum absolute atomic E-state index is 4.60. The van der Waals surface area contributed by atoms with Crippen LogP contribution < -0.4 is 5.43 Å². The number of hydrogen-bond donors (Lipinski definition) is 1. The van der Waals surface area contributed by atoms with Crippen molar-refractivity contribution in [2.45, 2.75) is 13.3 Å². The van der Waals surface area contributed by atoms with Gasteiger partial charge in [-0.15, -0.1) is 11.3 Å². The van der Waals surface area contributed by atoms with Crippen molar-refractivity contribution in [2.75, 3.05) is 5.43 Å². The van der Waals surface area contributed by atoms with Crippen LogP contribution in [0.25, 0.3) is 20.7 Å².